The molecule has 1 heterocycles. The van der Waals surface area contributed by atoms with E-state index in [4.69, 9.17) is 11.5 Å². The van der Waals surface area contributed by atoms with Gasteiger partial charge >= 0.3 is 0 Å². The molecule has 1 aliphatic rings. The lowest BCUT2D eigenvalue weighted by atomic mass is 10.1. The highest BCUT2D eigenvalue weighted by molar-refractivity contribution is 7.10. The molecular weight excluding hydrogens is 330 g/mol. The van der Waals surface area contributed by atoms with Crippen molar-refractivity contribution < 1.29 is 9.90 Å². The van der Waals surface area contributed by atoms with E-state index in [-0.39, 0.29) is 18.3 Å². The van der Waals surface area contributed by atoms with Gasteiger partial charge in [0.2, 0.25) is 5.91 Å². The molecule has 1 saturated carbocycles. The van der Waals surface area contributed by atoms with E-state index in [9.17, 15) is 14.8 Å². The molecule has 1 aromatic heterocycles. The van der Waals surface area contributed by atoms with Crippen molar-refractivity contribution in [1.82, 2.24) is 4.98 Å². The van der Waals surface area contributed by atoms with Crippen molar-refractivity contribution in [1.29, 1.82) is 0 Å². The predicted molar refractivity (Wildman–Crippen MR) is 93.6 cm³/mol. The average molecular weight is 351 g/mol. The number of aliphatic hydroxyl groups excluding tert-OH is 1. The van der Waals surface area contributed by atoms with Gasteiger partial charge in [-0.15, -0.1) is 11.3 Å². The number of carbonyl (C=O) groups is 1. The lowest BCUT2D eigenvalue weighted by molar-refractivity contribution is -0.118. The van der Waals surface area contributed by atoms with Crippen LogP contribution in [0.4, 0.5) is 0 Å². The number of allylic oxidation sites excluding steroid dienone is 1. The van der Waals surface area contributed by atoms with Gasteiger partial charge in [0, 0.05) is 5.38 Å². The van der Waals surface area contributed by atoms with Crippen LogP contribution in [0.2, 0.25) is 0 Å². The van der Waals surface area contributed by atoms with Crippen LogP contribution >= 0.6 is 11.3 Å². The molecule has 0 saturated heterocycles. The van der Waals surface area contributed by atoms with Crippen molar-refractivity contribution >= 4 is 29.2 Å². The average Bonchev–Trinajstić information content (AvgIpc) is 3.07. The Morgan fingerprint density at radius 2 is 2.29 bits per heavy atom. The van der Waals surface area contributed by atoms with Crippen molar-refractivity contribution in [3.63, 3.8) is 0 Å². The zero-order valence-electron chi connectivity index (χ0n) is 13.3. The summed E-state index contributed by atoms with van der Waals surface area (Å²) >= 11 is 1.28. The Morgan fingerprint density at radius 3 is 2.92 bits per heavy atom. The third kappa shape index (κ3) is 4.24. The molecule has 2 rings (SSSR count). The van der Waals surface area contributed by atoms with E-state index in [1.165, 1.54) is 11.3 Å². The molecule has 1 aromatic rings. The van der Waals surface area contributed by atoms with Gasteiger partial charge in [-0.1, -0.05) is 11.3 Å². The second-order valence-corrected chi connectivity index (χ2v) is 6.67. The van der Waals surface area contributed by atoms with Crippen LogP contribution in [0.25, 0.3) is 6.08 Å². The van der Waals surface area contributed by atoms with Crippen molar-refractivity contribution in [3.05, 3.63) is 27.1 Å². The summed E-state index contributed by atoms with van der Waals surface area (Å²) in [4.78, 5) is 30.8. The molecule has 0 aliphatic heterocycles. The van der Waals surface area contributed by atoms with E-state index in [1.54, 1.807) is 5.38 Å². The van der Waals surface area contributed by atoms with E-state index in [2.05, 4.69) is 15.2 Å². The molecular formula is C15H21N5O3S. The molecule has 4 atom stereocenters. The van der Waals surface area contributed by atoms with Crippen LogP contribution in [-0.4, -0.2) is 40.5 Å². The topological polar surface area (TPSA) is 144 Å². The van der Waals surface area contributed by atoms with Crippen LogP contribution in [0, 0.1) is 10.8 Å². The Balaban J connectivity index is 2.20. The minimum Gasteiger partial charge on any atom is -0.391 e. The summed E-state index contributed by atoms with van der Waals surface area (Å²) < 4.78 is 0. The first kappa shape index (κ1) is 18.2. The summed E-state index contributed by atoms with van der Waals surface area (Å²) in [5.74, 6) is -1.56. The highest BCUT2D eigenvalue weighted by Gasteiger charge is 2.34. The maximum atomic E-state index is 11.8. The quantitative estimate of drug-likeness (QED) is 0.381. The molecule has 5 N–H and O–H groups in total. The smallest absolute Gasteiger partial charge is 0.235 e. The molecule has 4 unspecified atom stereocenters. The molecule has 0 aromatic carbocycles. The van der Waals surface area contributed by atoms with Crippen molar-refractivity contribution in [2.45, 2.75) is 37.8 Å². The number of rotatable bonds is 7. The van der Waals surface area contributed by atoms with Crippen LogP contribution in [0.3, 0.4) is 0 Å². The third-order valence-corrected chi connectivity index (χ3v) is 4.87. The first-order valence-corrected chi connectivity index (χ1v) is 8.52. The minimum absolute atomic E-state index is 0.0211. The number of nitrogens with zero attached hydrogens (tertiary/aromatic N) is 3. The molecule has 0 bridgehead atoms. The molecule has 130 valence electrons. The van der Waals surface area contributed by atoms with Gasteiger partial charge in [0.15, 0.2) is 0 Å². The van der Waals surface area contributed by atoms with Gasteiger partial charge in [-0.25, -0.2) is 4.98 Å². The van der Waals surface area contributed by atoms with Crippen LogP contribution in [-0.2, 0) is 4.79 Å². The van der Waals surface area contributed by atoms with Gasteiger partial charge in [-0.05, 0) is 31.8 Å². The molecule has 0 radical (unpaired) electrons. The Hall–Kier alpha value is -2.13. The lowest BCUT2D eigenvalue weighted by Gasteiger charge is -2.14. The summed E-state index contributed by atoms with van der Waals surface area (Å²) in [7, 11) is 0. The third-order valence-electron chi connectivity index (χ3n) is 3.95. The molecule has 1 fully saturated rings. The Morgan fingerprint density at radius 1 is 1.54 bits per heavy atom. The maximum absolute atomic E-state index is 11.8. The largest absolute Gasteiger partial charge is 0.391 e. The van der Waals surface area contributed by atoms with E-state index in [0.29, 0.717) is 17.8 Å². The number of nitrogens with two attached hydrogens (primary N) is 2. The fraction of sp³-hybridized carbons (Fsp3) is 0.533. The number of amides is 1. The van der Waals surface area contributed by atoms with Crippen LogP contribution in [0.15, 0.2) is 21.6 Å². The minimum atomic E-state index is -0.926. The standard InChI is InChI=1S/C15H21N5O3S/c1-2-3-9-7-24-15(19-9)12(14(17)22)13(16)20-10-4-8(6-18-23)5-11(10)21/h2-3,7-8,10-12,21H,4-6H2,1H3,(H2,16,20)(H2,17,22)/b3-2-. The van der Waals surface area contributed by atoms with Crippen molar-refractivity contribution in [2.24, 2.45) is 27.6 Å². The second-order valence-electron chi connectivity index (χ2n) is 5.78. The number of carbonyl (C=O) groups excluding carboxylic acids is 1. The van der Waals surface area contributed by atoms with E-state index in [0.717, 1.165) is 5.69 Å². The number of primary amides is 1. The number of aliphatic hydroxyl groups is 1. The summed E-state index contributed by atoms with van der Waals surface area (Å²) in [5, 5.41) is 15.2. The number of hydrogen-bond acceptors (Lipinski definition) is 7. The second kappa shape index (κ2) is 8.11. The van der Waals surface area contributed by atoms with E-state index >= 15 is 0 Å². The SMILES string of the molecule is C/C=C\c1csc(C(C(N)=O)C(N)=NC2CC(CN=O)CC2O)n1. The summed E-state index contributed by atoms with van der Waals surface area (Å²) in [6, 6.07) is -0.464. The predicted octanol–water partition coefficient (Wildman–Crippen LogP) is 1.01. The summed E-state index contributed by atoms with van der Waals surface area (Å²) in [5.41, 5.74) is 12.2. The molecule has 1 amide bonds. The number of nitroso groups, excluding NO2 is 1. The van der Waals surface area contributed by atoms with Gasteiger partial charge in [0.25, 0.3) is 0 Å². The van der Waals surface area contributed by atoms with Crippen LogP contribution in [0.1, 0.15) is 36.4 Å². The first-order chi connectivity index (χ1) is 11.5. The molecule has 24 heavy (non-hydrogen) atoms. The maximum Gasteiger partial charge on any atom is 0.235 e. The Kier molecular flexibility index (Phi) is 6.16. The molecule has 9 heteroatoms. The van der Waals surface area contributed by atoms with Crippen molar-refractivity contribution in [2.75, 3.05) is 6.54 Å². The lowest BCUT2D eigenvalue weighted by Crippen LogP contribution is -2.35. The summed E-state index contributed by atoms with van der Waals surface area (Å²) in [6.07, 6.45) is 3.88. The van der Waals surface area contributed by atoms with E-state index < -0.39 is 24.0 Å². The summed E-state index contributed by atoms with van der Waals surface area (Å²) in [6.45, 7) is 2.01. The normalized spacial score (nSPS) is 25.9. The number of aromatic nitrogens is 1. The Labute approximate surface area is 143 Å². The zero-order valence-corrected chi connectivity index (χ0v) is 14.1. The number of hydrogen-bond donors (Lipinski definition) is 3. The number of aliphatic imine (C=N–C) groups is 1. The molecule has 1 aliphatic carbocycles. The van der Waals surface area contributed by atoms with Gasteiger partial charge in [-0.3, -0.25) is 9.79 Å². The number of amidine groups is 1. The Bertz CT molecular complexity index is 657. The van der Waals surface area contributed by atoms with Crippen LogP contribution in [0.5, 0.6) is 0 Å². The first-order valence-electron chi connectivity index (χ1n) is 7.64. The molecule has 0 spiro atoms. The van der Waals surface area contributed by atoms with E-state index in [1.807, 2.05) is 19.1 Å². The van der Waals surface area contributed by atoms with Gasteiger partial charge in [-0.2, -0.15) is 4.91 Å². The van der Waals surface area contributed by atoms with Gasteiger partial charge in [0.1, 0.15) is 16.8 Å². The highest BCUT2D eigenvalue weighted by Crippen LogP contribution is 2.30. The fourth-order valence-corrected chi connectivity index (χ4v) is 3.73. The molecule has 8 nitrogen and oxygen atoms in total. The van der Waals surface area contributed by atoms with Gasteiger partial charge < -0.3 is 16.6 Å². The zero-order chi connectivity index (χ0) is 17.7. The van der Waals surface area contributed by atoms with Crippen molar-refractivity contribution in [3.8, 4) is 0 Å². The fourth-order valence-electron chi connectivity index (χ4n) is 2.83. The monoisotopic (exact) mass is 351 g/mol. The van der Waals surface area contributed by atoms with Gasteiger partial charge in [0.05, 0.1) is 24.4 Å². The van der Waals surface area contributed by atoms with Crippen LogP contribution < -0.4 is 11.5 Å². The number of thiazole rings is 1. The highest BCUT2D eigenvalue weighted by atomic mass is 32.1.